The second kappa shape index (κ2) is 11.5. The van der Waals surface area contributed by atoms with Crippen molar-refractivity contribution in [3.63, 3.8) is 0 Å². The highest BCUT2D eigenvalue weighted by atomic mass is 16.4. The van der Waals surface area contributed by atoms with Crippen LogP contribution >= 0.6 is 0 Å². The van der Waals surface area contributed by atoms with Gasteiger partial charge in [-0.05, 0) is 24.3 Å². The van der Waals surface area contributed by atoms with Crippen LogP contribution in [0, 0.1) is 5.92 Å². The molecule has 9 heteroatoms. The number of nitrogens with zero attached hydrogens (tertiary/aromatic N) is 1. The van der Waals surface area contributed by atoms with Gasteiger partial charge in [0.15, 0.2) is 0 Å². The summed E-state index contributed by atoms with van der Waals surface area (Å²) in [7, 11) is 0. The van der Waals surface area contributed by atoms with Crippen LogP contribution in [-0.2, 0) is 25.6 Å². The maximum absolute atomic E-state index is 13.0. The maximum atomic E-state index is 13.0. The van der Waals surface area contributed by atoms with Crippen LogP contribution in [0.5, 0.6) is 0 Å². The summed E-state index contributed by atoms with van der Waals surface area (Å²) in [6, 6.07) is 6.30. The number of hydrogen-bond donors (Lipinski definition) is 4. The van der Waals surface area contributed by atoms with E-state index in [1.165, 1.54) is 4.90 Å². The van der Waals surface area contributed by atoms with E-state index in [0.29, 0.717) is 25.8 Å². The summed E-state index contributed by atoms with van der Waals surface area (Å²) in [6.45, 7) is 3.97. The molecule has 1 aromatic carbocycles. The summed E-state index contributed by atoms with van der Waals surface area (Å²) in [5.41, 5.74) is 6.22. The van der Waals surface area contributed by atoms with E-state index in [0.717, 1.165) is 5.56 Å². The molecule has 31 heavy (non-hydrogen) atoms. The smallest absolute Gasteiger partial charge is 0.326 e. The minimum absolute atomic E-state index is 0.129. The average molecular weight is 433 g/mol. The Morgan fingerprint density at radius 1 is 1.19 bits per heavy atom. The molecule has 1 aliphatic heterocycles. The number of nitrogens with one attached hydrogen (secondary N) is 2. The van der Waals surface area contributed by atoms with E-state index in [1.807, 2.05) is 19.9 Å². The molecule has 1 aromatic rings. The van der Waals surface area contributed by atoms with Crippen LogP contribution in [0.1, 0.15) is 38.7 Å². The Balaban J connectivity index is 2.11. The maximum Gasteiger partial charge on any atom is 0.326 e. The van der Waals surface area contributed by atoms with E-state index in [-0.39, 0.29) is 24.8 Å². The first-order chi connectivity index (χ1) is 14.8. The van der Waals surface area contributed by atoms with Gasteiger partial charge in [-0.15, -0.1) is 0 Å². The van der Waals surface area contributed by atoms with E-state index in [9.17, 15) is 24.3 Å². The molecule has 9 nitrogen and oxygen atoms in total. The summed E-state index contributed by atoms with van der Waals surface area (Å²) in [6.07, 6.45) is 1.91. The van der Waals surface area contributed by atoms with Gasteiger partial charge in [-0.3, -0.25) is 14.4 Å². The number of carboxylic acid groups (broad SMARTS) is 1. The van der Waals surface area contributed by atoms with Crippen molar-refractivity contribution in [1.29, 1.82) is 0 Å². The van der Waals surface area contributed by atoms with E-state index in [1.54, 1.807) is 24.3 Å². The average Bonchev–Trinajstić information content (AvgIpc) is 3.26. The molecule has 2 rings (SSSR count). The van der Waals surface area contributed by atoms with Gasteiger partial charge < -0.3 is 26.4 Å². The molecule has 5 N–H and O–H groups in total. The highest BCUT2D eigenvalue weighted by molar-refractivity contribution is 5.94. The monoisotopic (exact) mass is 432 g/mol. The predicted molar refractivity (Wildman–Crippen MR) is 115 cm³/mol. The number of likely N-dealkylation sites (tertiary alicyclic amines) is 1. The summed E-state index contributed by atoms with van der Waals surface area (Å²) in [5, 5.41) is 14.9. The zero-order valence-corrected chi connectivity index (χ0v) is 18.0. The standard InChI is InChI=1S/C22H32N4O5/c1-3-14(2)19(25-20(28)17-10-7-11-26(17)18(27)13-23)21(29)24-16(22(30)31)12-15-8-5-4-6-9-15/h4-6,8-9,14,16-17,19H,3,7,10-13,23H2,1-2H3,(H,24,29)(H,25,28)(H,30,31). The summed E-state index contributed by atoms with van der Waals surface area (Å²) in [4.78, 5) is 51.0. The second-order valence-corrected chi connectivity index (χ2v) is 7.91. The van der Waals surface area contributed by atoms with Crippen LogP contribution in [0.25, 0.3) is 0 Å². The molecule has 0 radical (unpaired) electrons. The first-order valence-corrected chi connectivity index (χ1v) is 10.7. The molecule has 1 saturated heterocycles. The number of carbonyl (C=O) groups is 4. The minimum atomic E-state index is -1.15. The molecule has 4 atom stereocenters. The Bertz CT molecular complexity index is 785. The molecule has 4 unspecified atom stereocenters. The van der Waals surface area contributed by atoms with Gasteiger partial charge >= 0.3 is 5.97 Å². The van der Waals surface area contributed by atoms with Gasteiger partial charge in [-0.25, -0.2) is 4.79 Å². The summed E-state index contributed by atoms with van der Waals surface area (Å²) in [5.74, 6) is -2.66. The normalized spacial score (nSPS) is 18.7. The first-order valence-electron chi connectivity index (χ1n) is 10.7. The molecule has 0 aromatic heterocycles. The van der Waals surface area contributed by atoms with Crippen LogP contribution in [0.3, 0.4) is 0 Å². The first kappa shape index (κ1) is 24.3. The third kappa shape index (κ3) is 6.52. The number of amides is 3. The Kier molecular flexibility index (Phi) is 8.99. The largest absolute Gasteiger partial charge is 0.480 e. The Morgan fingerprint density at radius 3 is 2.45 bits per heavy atom. The van der Waals surface area contributed by atoms with Gasteiger partial charge in [0, 0.05) is 13.0 Å². The van der Waals surface area contributed by atoms with Crippen molar-refractivity contribution in [3.05, 3.63) is 35.9 Å². The molecule has 0 spiro atoms. The lowest BCUT2D eigenvalue weighted by atomic mass is 9.96. The minimum Gasteiger partial charge on any atom is -0.480 e. The summed E-state index contributed by atoms with van der Waals surface area (Å²) < 4.78 is 0. The number of nitrogens with two attached hydrogens (primary N) is 1. The number of aliphatic carboxylic acids is 1. The molecule has 170 valence electrons. The Morgan fingerprint density at radius 2 is 1.87 bits per heavy atom. The third-order valence-electron chi connectivity index (χ3n) is 5.74. The van der Waals surface area contributed by atoms with Crippen molar-refractivity contribution in [2.75, 3.05) is 13.1 Å². The van der Waals surface area contributed by atoms with Crippen molar-refractivity contribution in [2.24, 2.45) is 11.7 Å². The van der Waals surface area contributed by atoms with Crippen molar-refractivity contribution in [2.45, 2.75) is 57.7 Å². The van der Waals surface area contributed by atoms with Gasteiger partial charge in [0.2, 0.25) is 17.7 Å². The summed E-state index contributed by atoms with van der Waals surface area (Å²) >= 11 is 0. The van der Waals surface area contributed by atoms with E-state index < -0.39 is 35.9 Å². The van der Waals surface area contributed by atoms with Crippen molar-refractivity contribution in [3.8, 4) is 0 Å². The molecular weight excluding hydrogens is 400 g/mol. The number of rotatable bonds is 10. The molecule has 1 aliphatic rings. The van der Waals surface area contributed by atoms with Gasteiger partial charge in [0.1, 0.15) is 18.1 Å². The molecule has 1 heterocycles. The number of hydrogen-bond acceptors (Lipinski definition) is 5. The molecule has 0 aliphatic carbocycles. The van der Waals surface area contributed by atoms with Crippen molar-refractivity contribution < 1.29 is 24.3 Å². The Labute approximate surface area is 182 Å². The quantitative estimate of drug-likeness (QED) is 0.418. The fraction of sp³-hybridized carbons (Fsp3) is 0.545. The lowest BCUT2D eigenvalue weighted by Gasteiger charge is -2.29. The molecule has 1 fully saturated rings. The highest BCUT2D eigenvalue weighted by Gasteiger charge is 2.37. The third-order valence-corrected chi connectivity index (χ3v) is 5.74. The molecule has 0 saturated carbocycles. The van der Waals surface area contributed by atoms with Gasteiger partial charge in [0.25, 0.3) is 0 Å². The van der Waals surface area contributed by atoms with E-state index in [4.69, 9.17) is 5.73 Å². The van der Waals surface area contributed by atoms with Crippen LogP contribution in [0.4, 0.5) is 0 Å². The lowest BCUT2D eigenvalue weighted by Crippen LogP contribution is -2.57. The van der Waals surface area contributed by atoms with Crippen LogP contribution in [0.15, 0.2) is 30.3 Å². The highest BCUT2D eigenvalue weighted by Crippen LogP contribution is 2.18. The van der Waals surface area contributed by atoms with Gasteiger partial charge in [-0.2, -0.15) is 0 Å². The van der Waals surface area contributed by atoms with E-state index >= 15 is 0 Å². The van der Waals surface area contributed by atoms with Crippen LogP contribution < -0.4 is 16.4 Å². The zero-order valence-electron chi connectivity index (χ0n) is 18.0. The number of carboxylic acids is 1. The SMILES string of the molecule is CCC(C)C(NC(=O)C1CCCN1C(=O)CN)C(=O)NC(Cc1ccccc1)C(=O)O. The molecule has 3 amide bonds. The number of benzene rings is 1. The van der Waals surface area contributed by atoms with Gasteiger partial charge in [0.05, 0.1) is 6.54 Å². The zero-order chi connectivity index (χ0) is 23.0. The predicted octanol–water partition coefficient (Wildman–Crippen LogP) is 0.279. The molecular formula is C22H32N4O5. The van der Waals surface area contributed by atoms with Gasteiger partial charge in [-0.1, -0.05) is 50.6 Å². The fourth-order valence-electron chi connectivity index (χ4n) is 3.72. The van der Waals surface area contributed by atoms with Crippen molar-refractivity contribution in [1.82, 2.24) is 15.5 Å². The van der Waals surface area contributed by atoms with Crippen molar-refractivity contribution >= 4 is 23.7 Å². The molecule has 0 bridgehead atoms. The lowest BCUT2D eigenvalue weighted by molar-refractivity contribution is -0.143. The Hall–Kier alpha value is -2.94. The van der Waals surface area contributed by atoms with Crippen LogP contribution in [-0.4, -0.2) is 64.9 Å². The topological polar surface area (TPSA) is 142 Å². The fourth-order valence-corrected chi connectivity index (χ4v) is 3.72. The van der Waals surface area contributed by atoms with Crippen LogP contribution in [0.2, 0.25) is 0 Å². The van der Waals surface area contributed by atoms with E-state index in [2.05, 4.69) is 10.6 Å². The second-order valence-electron chi connectivity index (χ2n) is 7.91. The number of carbonyl (C=O) groups excluding carboxylic acids is 3.